The third kappa shape index (κ3) is 3.66. The third-order valence-electron chi connectivity index (χ3n) is 2.88. The molecule has 17 heavy (non-hydrogen) atoms. The molecule has 0 aromatic heterocycles. The Bertz CT molecular complexity index is 390. The molecular formula is C13H21N3O. The van der Waals surface area contributed by atoms with Crippen molar-refractivity contribution in [3.63, 3.8) is 0 Å². The number of hydrogen-bond acceptors (Lipinski definition) is 3. The van der Waals surface area contributed by atoms with Gasteiger partial charge in [-0.25, -0.2) is 0 Å². The van der Waals surface area contributed by atoms with Crippen molar-refractivity contribution in [1.82, 2.24) is 5.32 Å². The average Bonchev–Trinajstić information content (AvgIpc) is 2.35. The predicted molar refractivity (Wildman–Crippen MR) is 72.2 cm³/mol. The summed E-state index contributed by atoms with van der Waals surface area (Å²) >= 11 is 0. The lowest BCUT2D eigenvalue weighted by molar-refractivity contribution is 0.0963. The van der Waals surface area contributed by atoms with Crippen molar-refractivity contribution in [1.29, 1.82) is 0 Å². The largest absolute Gasteiger partial charge is 0.397 e. The number of benzene rings is 1. The summed E-state index contributed by atoms with van der Waals surface area (Å²) in [6.45, 7) is 5.23. The molecule has 0 aliphatic carbocycles. The Morgan fingerprint density at radius 3 is 2.71 bits per heavy atom. The van der Waals surface area contributed by atoms with Gasteiger partial charge in [-0.2, -0.15) is 0 Å². The Hall–Kier alpha value is -1.71. The van der Waals surface area contributed by atoms with Crippen molar-refractivity contribution < 1.29 is 4.79 Å². The van der Waals surface area contributed by atoms with Gasteiger partial charge in [-0.05, 0) is 24.1 Å². The van der Waals surface area contributed by atoms with E-state index in [1.165, 1.54) is 0 Å². The lowest BCUT2D eigenvalue weighted by atomic mass is 10.1. The normalized spacial score (nSPS) is 11.9. The molecule has 0 heterocycles. The summed E-state index contributed by atoms with van der Waals surface area (Å²) in [6.07, 6.45) is 1.13. The molecule has 4 nitrogen and oxygen atoms in total. The van der Waals surface area contributed by atoms with Crippen LogP contribution in [0.3, 0.4) is 0 Å². The first-order chi connectivity index (χ1) is 8.08. The van der Waals surface area contributed by atoms with Gasteiger partial charge < -0.3 is 16.4 Å². The SMILES string of the molecule is CCC(C)CNc1ccc(C(=O)NC)cc1N. The molecule has 1 aromatic rings. The van der Waals surface area contributed by atoms with Crippen molar-refractivity contribution >= 4 is 17.3 Å². The van der Waals surface area contributed by atoms with Gasteiger partial charge in [0, 0.05) is 19.2 Å². The van der Waals surface area contributed by atoms with Crippen molar-refractivity contribution in [2.45, 2.75) is 20.3 Å². The van der Waals surface area contributed by atoms with Crippen LogP contribution in [0.2, 0.25) is 0 Å². The maximum absolute atomic E-state index is 11.4. The number of hydrogen-bond donors (Lipinski definition) is 3. The molecule has 0 radical (unpaired) electrons. The van der Waals surface area contributed by atoms with E-state index in [2.05, 4.69) is 24.5 Å². The summed E-state index contributed by atoms with van der Waals surface area (Å²) in [5.74, 6) is 0.484. The van der Waals surface area contributed by atoms with Crippen LogP contribution in [0, 0.1) is 5.92 Å². The van der Waals surface area contributed by atoms with Gasteiger partial charge in [0.15, 0.2) is 0 Å². The zero-order chi connectivity index (χ0) is 12.8. The van der Waals surface area contributed by atoms with Crippen molar-refractivity contribution in [3.8, 4) is 0 Å². The molecule has 1 rings (SSSR count). The number of carbonyl (C=O) groups is 1. The minimum atomic E-state index is -0.120. The van der Waals surface area contributed by atoms with E-state index in [0.29, 0.717) is 17.2 Å². The molecule has 0 saturated carbocycles. The lowest BCUT2D eigenvalue weighted by Gasteiger charge is -2.13. The van der Waals surface area contributed by atoms with Gasteiger partial charge in [-0.15, -0.1) is 0 Å². The van der Waals surface area contributed by atoms with Crippen LogP contribution < -0.4 is 16.4 Å². The Labute approximate surface area is 103 Å². The third-order valence-corrected chi connectivity index (χ3v) is 2.88. The van der Waals surface area contributed by atoms with Gasteiger partial charge in [0.2, 0.25) is 0 Å². The van der Waals surface area contributed by atoms with E-state index < -0.39 is 0 Å². The summed E-state index contributed by atoms with van der Waals surface area (Å²) in [7, 11) is 1.60. The number of rotatable bonds is 5. The van der Waals surface area contributed by atoms with E-state index in [-0.39, 0.29) is 5.91 Å². The summed E-state index contributed by atoms with van der Waals surface area (Å²) in [4.78, 5) is 11.4. The summed E-state index contributed by atoms with van der Waals surface area (Å²) in [5.41, 5.74) is 7.97. The molecule has 0 spiro atoms. The minimum absolute atomic E-state index is 0.120. The quantitative estimate of drug-likeness (QED) is 0.684. The second-order valence-corrected chi connectivity index (χ2v) is 4.28. The zero-order valence-electron chi connectivity index (χ0n) is 10.7. The van der Waals surface area contributed by atoms with Gasteiger partial charge in [-0.3, -0.25) is 4.79 Å². The fourth-order valence-electron chi connectivity index (χ4n) is 1.44. The van der Waals surface area contributed by atoms with E-state index in [9.17, 15) is 4.79 Å². The van der Waals surface area contributed by atoms with Crippen LogP contribution in [0.25, 0.3) is 0 Å². The maximum atomic E-state index is 11.4. The summed E-state index contributed by atoms with van der Waals surface area (Å²) in [6, 6.07) is 5.31. The Morgan fingerprint density at radius 1 is 1.47 bits per heavy atom. The fourth-order valence-corrected chi connectivity index (χ4v) is 1.44. The highest BCUT2D eigenvalue weighted by Crippen LogP contribution is 2.20. The molecule has 4 heteroatoms. The Balaban J connectivity index is 2.73. The monoisotopic (exact) mass is 235 g/mol. The Kier molecular flexibility index (Phi) is 4.82. The molecule has 1 atom stereocenters. The summed E-state index contributed by atoms with van der Waals surface area (Å²) < 4.78 is 0. The highest BCUT2D eigenvalue weighted by molar-refractivity contribution is 5.95. The number of amides is 1. The van der Waals surface area contributed by atoms with Crippen molar-refractivity contribution in [2.75, 3.05) is 24.6 Å². The van der Waals surface area contributed by atoms with E-state index >= 15 is 0 Å². The first-order valence-corrected chi connectivity index (χ1v) is 5.94. The second kappa shape index (κ2) is 6.13. The molecule has 0 aliphatic heterocycles. The zero-order valence-corrected chi connectivity index (χ0v) is 10.7. The highest BCUT2D eigenvalue weighted by atomic mass is 16.1. The van der Waals surface area contributed by atoms with Gasteiger partial charge in [-0.1, -0.05) is 20.3 Å². The molecule has 0 bridgehead atoms. The Morgan fingerprint density at radius 2 is 2.18 bits per heavy atom. The molecule has 1 aromatic carbocycles. The molecule has 0 saturated heterocycles. The number of nitrogens with two attached hydrogens (primary N) is 1. The first kappa shape index (κ1) is 13.4. The van der Waals surface area contributed by atoms with Crippen LogP contribution in [0.1, 0.15) is 30.6 Å². The molecular weight excluding hydrogens is 214 g/mol. The topological polar surface area (TPSA) is 67.2 Å². The van der Waals surface area contributed by atoms with E-state index in [1.54, 1.807) is 19.2 Å². The highest BCUT2D eigenvalue weighted by Gasteiger charge is 2.06. The van der Waals surface area contributed by atoms with Crippen molar-refractivity contribution in [2.24, 2.45) is 5.92 Å². The smallest absolute Gasteiger partial charge is 0.251 e. The van der Waals surface area contributed by atoms with Crippen LogP contribution in [0.5, 0.6) is 0 Å². The van der Waals surface area contributed by atoms with Crippen LogP contribution >= 0.6 is 0 Å². The van der Waals surface area contributed by atoms with Crippen LogP contribution in [-0.4, -0.2) is 19.5 Å². The standard InChI is InChI=1S/C13H21N3O/c1-4-9(2)8-16-12-6-5-10(7-11(12)14)13(17)15-3/h5-7,9,16H,4,8,14H2,1-3H3,(H,15,17). The molecule has 94 valence electrons. The van der Waals surface area contributed by atoms with Gasteiger partial charge >= 0.3 is 0 Å². The van der Waals surface area contributed by atoms with E-state index in [4.69, 9.17) is 5.73 Å². The number of nitrogen functional groups attached to an aromatic ring is 1. The minimum Gasteiger partial charge on any atom is -0.397 e. The summed E-state index contributed by atoms with van der Waals surface area (Å²) in [5, 5.41) is 5.86. The molecule has 0 aliphatic rings. The fraction of sp³-hybridized carbons (Fsp3) is 0.462. The maximum Gasteiger partial charge on any atom is 0.251 e. The number of anilines is 2. The molecule has 0 fully saturated rings. The number of nitrogens with one attached hydrogen (secondary N) is 2. The lowest BCUT2D eigenvalue weighted by Crippen LogP contribution is -2.18. The average molecular weight is 235 g/mol. The predicted octanol–water partition coefficient (Wildman–Crippen LogP) is 2.09. The van der Waals surface area contributed by atoms with Crippen LogP contribution in [0.4, 0.5) is 11.4 Å². The first-order valence-electron chi connectivity index (χ1n) is 5.94. The van der Waals surface area contributed by atoms with Crippen molar-refractivity contribution in [3.05, 3.63) is 23.8 Å². The van der Waals surface area contributed by atoms with Gasteiger partial charge in [0.1, 0.15) is 0 Å². The van der Waals surface area contributed by atoms with Crippen LogP contribution in [0.15, 0.2) is 18.2 Å². The molecule has 1 unspecified atom stereocenters. The van der Waals surface area contributed by atoms with E-state index in [1.807, 2.05) is 6.07 Å². The molecule has 1 amide bonds. The van der Waals surface area contributed by atoms with Gasteiger partial charge in [0.05, 0.1) is 11.4 Å². The second-order valence-electron chi connectivity index (χ2n) is 4.28. The van der Waals surface area contributed by atoms with Crippen LogP contribution in [-0.2, 0) is 0 Å². The van der Waals surface area contributed by atoms with E-state index in [0.717, 1.165) is 18.7 Å². The van der Waals surface area contributed by atoms with Gasteiger partial charge in [0.25, 0.3) is 5.91 Å². The molecule has 4 N–H and O–H groups in total. The number of carbonyl (C=O) groups excluding carboxylic acids is 1.